The lowest BCUT2D eigenvalue weighted by atomic mass is 10.1. The molecule has 2 N–H and O–H groups in total. The van der Waals surface area contributed by atoms with Gasteiger partial charge < -0.3 is 10.3 Å². The number of hydrogen-bond donors (Lipinski definition) is 2. The van der Waals surface area contributed by atoms with Crippen molar-refractivity contribution in [2.45, 2.75) is 38.4 Å². The maximum absolute atomic E-state index is 12.3. The van der Waals surface area contributed by atoms with Gasteiger partial charge in [-0.25, -0.2) is 0 Å². The second kappa shape index (κ2) is 8.75. The smallest absolute Gasteiger partial charge is 0.230 e. The number of amides is 1. The fourth-order valence-corrected chi connectivity index (χ4v) is 4.11. The summed E-state index contributed by atoms with van der Waals surface area (Å²) < 4.78 is 2.03. The van der Waals surface area contributed by atoms with Gasteiger partial charge in [-0.2, -0.15) is 0 Å². The zero-order chi connectivity index (χ0) is 21.1. The van der Waals surface area contributed by atoms with Gasteiger partial charge in [0.05, 0.1) is 5.75 Å². The van der Waals surface area contributed by atoms with Crippen LogP contribution in [0.25, 0.3) is 28.0 Å². The molecule has 0 aliphatic carbocycles. The number of carbonyl (C=O) groups excluding carboxylic acids is 1. The van der Waals surface area contributed by atoms with Crippen molar-refractivity contribution in [3.05, 3.63) is 60.3 Å². The second-order valence-electron chi connectivity index (χ2n) is 7.39. The molecule has 0 saturated heterocycles. The molecule has 30 heavy (non-hydrogen) atoms. The standard InChI is InChI=1S/C23H25N5OS/c1-4-16(3)25-21(29)14-30-23-27-26-22(28(23)17-9-7-8-15(2)12-17)19-13-24-20-11-6-5-10-18(19)20/h5-13,16,24H,4,14H2,1-3H3,(H,25,29). The summed E-state index contributed by atoms with van der Waals surface area (Å²) in [5, 5.41) is 13.7. The number of aromatic nitrogens is 4. The minimum atomic E-state index is 0.00165. The summed E-state index contributed by atoms with van der Waals surface area (Å²) in [4.78, 5) is 15.6. The molecule has 0 aliphatic heterocycles. The Balaban J connectivity index is 1.74. The van der Waals surface area contributed by atoms with E-state index in [1.165, 1.54) is 11.8 Å². The van der Waals surface area contributed by atoms with Gasteiger partial charge in [-0.05, 0) is 44.0 Å². The summed E-state index contributed by atoms with van der Waals surface area (Å²) in [6.45, 7) is 6.12. The summed E-state index contributed by atoms with van der Waals surface area (Å²) in [5.41, 5.74) is 4.16. The zero-order valence-electron chi connectivity index (χ0n) is 17.3. The highest BCUT2D eigenvalue weighted by Crippen LogP contribution is 2.32. The molecule has 4 aromatic rings. The lowest BCUT2D eigenvalue weighted by Gasteiger charge is -2.12. The van der Waals surface area contributed by atoms with Crippen LogP contribution in [0.4, 0.5) is 0 Å². The summed E-state index contributed by atoms with van der Waals surface area (Å²) in [6.07, 6.45) is 2.87. The van der Waals surface area contributed by atoms with Gasteiger partial charge in [0.25, 0.3) is 0 Å². The van der Waals surface area contributed by atoms with E-state index in [2.05, 4.69) is 52.5 Å². The predicted molar refractivity (Wildman–Crippen MR) is 122 cm³/mol. The largest absolute Gasteiger partial charge is 0.360 e. The minimum absolute atomic E-state index is 0.00165. The fourth-order valence-electron chi connectivity index (χ4n) is 3.34. The molecule has 1 atom stereocenters. The van der Waals surface area contributed by atoms with E-state index in [0.717, 1.165) is 40.0 Å². The Bertz CT molecular complexity index is 1180. The Kier molecular flexibility index (Phi) is 5.90. The van der Waals surface area contributed by atoms with Crippen LogP contribution in [0.3, 0.4) is 0 Å². The predicted octanol–water partition coefficient (Wildman–Crippen LogP) is 4.73. The molecule has 0 saturated carbocycles. The maximum Gasteiger partial charge on any atom is 0.230 e. The van der Waals surface area contributed by atoms with Gasteiger partial charge >= 0.3 is 0 Å². The quantitative estimate of drug-likeness (QED) is 0.425. The number of thioether (sulfide) groups is 1. The maximum atomic E-state index is 12.3. The van der Waals surface area contributed by atoms with Crippen molar-refractivity contribution in [3.8, 4) is 17.1 Å². The van der Waals surface area contributed by atoms with Crippen LogP contribution in [-0.2, 0) is 4.79 Å². The number of hydrogen-bond acceptors (Lipinski definition) is 4. The van der Waals surface area contributed by atoms with Crippen LogP contribution >= 0.6 is 11.8 Å². The SMILES string of the molecule is CCC(C)NC(=O)CSc1nnc(-c2c[nH]c3ccccc23)n1-c1cccc(C)c1. The topological polar surface area (TPSA) is 75.6 Å². The third kappa shape index (κ3) is 4.11. The first-order valence-electron chi connectivity index (χ1n) is 10.1. The molecule has 6 nitrogen and oxygen atoms in total. The third-order valence-electron chi connectivity index (χ3n) is 5.08. The summed E-state index contributed by atoms with van der Waals surface area (Å²) in [5.74, 6) is 1.05. The molecule has 0 spiro atoms. The molecule has 154 valence electrons. The van der Waals surface area contributed by atoms with Crippen molar-refractivity contribution >= 4 is 28.6 Å². The number of benzene rings is 2. The number of H-pyrrole nitrogens is 1. The highest BCUT2D eigenvalue weighted by atomic mass is 32.2. The third-order valence-corrected chi connectivity index (χ3v) is 6.00. The number of rotatable bonds is 7. The molecule has 0 aliphatic rings. The van der Waals surface area contributed by atoms with Crippen LogP contribution in [0.2, 0.25) is 0 Å². The molecule has 4 rings (SSSR count). The van der Waals surface area contributed by atoms with E-state index in [9.17, 15) is 4.79 Å². The zero-order valence-corrected chi connectivity index (χ0v) is 18.2. The number of fused-ring (bicyclic) bond motifs is 1. The van der Waals surface area contributed by atoms with Crippen molar-refractivity contribution in [2.75, 3.05) is 5.75 Å². The van der Waals surface area contributed by atoms with E-state index in [0.29, 0.717) is 10.9 Å². The molecule has 0 bridgehead atoms. The first kappa shape index (κ1) is 20.2. The van der Waals surface area contributed by atoms with E-state index in [-0.39, 0.29) is 11.9 Å². The normalized spacial score (nSPS) is 12.2. The molecule has 0 radical (unpaired) electrons. The molecular weight excluding hydrogens is 394 g/mol. The number of aromatic amines is 1. The molecular formula is C23H25N5OS. The molecule has 7 heteroatoms. The molecule has 1 unspecified atom stereocenters. The molecule has 0 fully saturated rings. The Morgan fingerprint density at radius 2 is 2.03 bits per heavy atom. The number of nitrogens with one attached hydrogen (secondary N) is 2. The number of nitrogens with zero attached hydrogens (tertiary/aromatic N) is 3. The van der Waals surface area contributed by atoms with Gasteiger partial charge in [-0.15, -0.1) is 10.2 Å². The van der Waals surface area contributed by atoms with Gasteiger partial charge in [0, 0.05) is 34.4 Å². The van der Waals surface area contributed by atoms with Crippen molar-refractivity contribution in [2.24, 2.45) is 0 Å². The van der Waals surface area contributed by atoms with Crippen molar-refractivity contribution in [1.82, 2.24) is 25.1 Å². The van der Waals surface area contributed by atoms with Crippen LogP contribution in [0, 0.1) is 6.92 Å². The fraction of sp³-hybridized carbons (Fsp3) is 0.261. The summed E-state index contributed by atoms with van der Waals surface area (Å²) >= 11 is 1.40. The number of aryl methyl sites for hydroxylation is 1. The van der Waals surface area contributed by atoms with Gasteiger partial charge in [0.1, 0.15) is 0 Å². The lowest BCUT2D eigenvalue weighted by molar-refractivity contribution is -0.119. The van der Waals surface area contributed by atoms with E-state index >= 15 is 0 Å². The Hall–Kier alpha value is -3.06. The summed E-state index contributed by atoms with van der Waals surface area (Å²) in [6, 6.07) is 16.5. The average Bonchev–Trinajstić information content (AvgIpc) is 3.36. The van der Waals surface area contributed by atoms with Crippen LogP contribution in [-0.4, -0.2) is 37.5 Å². The first-order valence-corrected chi connectivity index (χ1v) is 11.1. The Morgan fingerprint density at radius 1 is 1.20 bits per heavy atom. The Labute approximate surface area is 180 Å². The molecule has 2 heterocycles. The van der Waals surface area contributed by atoms with E-state index < -0.39 is 0 Å². The summed E-state index contributed by atoms with van der Waals surface area (Å²) in [7, 11) is 0. The minimum Gasteiger partial charge on any atom is -0.360 e. The average molecular weight is 420 g/mol. The highest BCUT2D eigenvalue weighted by molar-refractivity contribution is 7.99. The first-order chi connectivity index (χ1) is 14.6. The van der Waals surface area contributed by atoms with Crippen LogP contribution in [0.1, 0.15) is 25.8 Å². The second-order valence-corrected chi connectivity index (χ2v) is 8.34. The van der Waals surface area contributed by atoms with E-state index in [1.54, 1.807) is 0 Å². The van der Waals surface area contributed by atoms with E-state index in [1.807, 2.05) is 48.0 Å². The monoisotopic (exact) mass is 419 g/mol. The van der Waals surface area contributed by atoms with Gasteiger partial charge in [0.15, 0.2) is 11.0 Å². The number of para-hydroxylation sites is 1. The van der Waals surface area contributed by atoms with Crippen LogP contribution in [0.15, 0.2) is 59.9 Å². The van der Waals surface area contributed by atoms with Gasteiger partial charge in [0.2, 0.25) is 5.91 Å². The number of carbonyl (C=O) groups is 1. The van der Waals surface area contributed by atoms with Gasteiger partial charge in [-0.3, -0.25) is 9.36 Å². The molecule has 2 aromatic heterocycles. The van der Waals surface area contributed by atoms with E-state index in [4.69, 9.17) is 0 Å². The van der Waals surface area contributed by atoms with Crippen molar-refractivity contribution in [1.29, 1.82) is 0 Å². The Morgan fingerprint density at radius 3 is 2.83 bits per heavy atom. The molecule has 2 aromatic carbocycles. The lowest BCUT2D eigenvalue weighted by Crippen LogP contribution is -2.33. The van der Waals surface area contributed by atoms with Gasteiger partial charge in [-0.1, -0.05) is 49.0 Å². The highest BCUT2D eigenvalue weighted by Gasteiger charge is 2.20. The van der Waals surface area contributed by atoms with Crippen LogP contribution in [0.5, 0.6) is 0 Å². The molecule has 1 amide bonds. The van der Waals surface area contributed by atoms with Crippen molar-refractivity contribution in [3.63, 3.8) is 0 Å². The van der Waals surface area contributed by atoms with Crippen LogP contribution < -0.4 is 5.32 Å². The van der Waals surface area contributed by atoms with Crippen molar-refractivity contribution < 1.29 is 4.79 Å².